The molecule has 0 aliphatic heterocycles. The Kier molecular flexibility index (Phi) is 5.29. The van der Waals surface area contributed by atoms with Gasteiger partial charge in [0, 0.05) is 13.7 Å². The molecule has 1 aromatic rings. The number of carbonyl (C=O) groups is 1. The molecule has 0 radical (unpaired) electrons. The van der Waals surface area contributed by atoms with Crippen molar-refractivity contribution in [3.8, 4) is 5.75 Å². The van der Waals surface area contributed by atoms with Gasteiger partial charge in [0.05, 0.1) is 12.3 Å². The van der Waals surface area contributed by atoms with Crippen LogP contribution in [0.4, 0.5) is 5.69 Å². The molecular formula is C12H18N2O3. The van der Waals surface area contributed by atoms with E-state index in [0.29, 0.717) is 24.6 Å². The van der Waals surface area contributed by atoms with Gasteiger partial charge in [-0.15, -0.1) is 0 Å². The Morgan fingerprint density at radius 3 is 2.88 bits per heavy atom. The summed E-state index contributed by atoms with van der Waals surface area (Å²) in [7, 11) is 1.58. The van der Waals surface area contributed by atoms with Crippen molar-refractivity contribution in [3.05, 3.63) is 23.8 Å². The van der Waals surface area contributed by atoms with Gasteiger partial charge in [-0.2, -0.15) is 0 Å². The first-order chi connectivity index (χ1) is 8.15. The number of amides is 1. The second-order valence-corrected chi connectivity index (χ2v) is 3.62. The highest BCUT2D eigenvalue weighted by molar-refractivity contribution is 5.77. The zero-order chi connectivity index (χ0) is 12.7. The van der Waals surface area contributed by atoms with Crippen LogP contribution in [0.15, 0.2) is 18.2 Å². The van der Waals surface area contributed by atoms with E-state index >= 15 is 0 Å². The lowest BCUT2D eigenvalue weighted by Gasteiger charge is -2.11. The quantitative estimate of drug-likeness (QED) is 0.565. The molecule has 0 saturated carbocycles. The summed E-state index contributed by atoms with van der Waals surface area (Å²) >= 11 is 0. The summed E-state index contributed by atoms with van der Waals surface area (Å²) in [5.41, 5.74) is 7.20. The number of nitrogens with one attached hydrogen (secondary N) is 1. The Hall–Kier alpha value is -1.75. The van der Waals surface area contributed by atoms with Crippen molar-refractivity contribution in [3.63, 3.8) is 0 Å². The monoisotopic (exact) mass is 238 g/mol. The fourth-order valence-corrected chi connectivity index (χ4v) is 1.35. The average molecular weight is 238 g/mol. The zero-order valence-electron chi connectivity index (χ0n) is 10.2. The van der Waals surface area contributed by atoms with Crippen molar-refractivity contribution in [1.82, 2.24) is 5.32 Å². The van der Waals surface area contributed by atoms with E-state index in [1.807, 2.05) is 19.1 Å². The minimum absolute atomic E-state index is 0.0429. The summed E-state index contributed by atoms with van der Waals surface area (Å²) in [6.07, 6.45) is 0. The Morgan fingerprint density at radius 1 is 1.47 bits per heavy atom. The van der Waals surface area contributed by atoms with Gasteiger partial charge < -0.3 is 20.5 Å². The van der Waals surface area contributed by atoms with Gasteiger partial charge in [-0.1, -0.05) is 12.1 Å². The predicted molar refractivity (Wildman–Crippen MR) is 66.0 cm³/mol. The molecule has 0 bridgehead atoms. The van der Waals surface area contributed by atoms with E-state index in [2.05, 4.69) is 5.32 Å². The molecule has 0 aromatic heterocycles. The number of nitrogen functional groups attached to an aromatic ring is 1. The molecular weight excluding hydrogens is 220 g/mol. The zero-order valence-corrected chi connectivity index (χ0v) is 10.2. The van der Waals surface area contributed by atoms with Gasteiger partial charge in [-0.05, 0) is 18.6 Å². The van der Waals surface area contributed by atoms with Crippen LogP contribution in [-0.2, 0) is 9.53 Å². The van der Waals surface area contributed by atoms with E-state index in [0.717, 1.165) is 5.56 Å². The van der Waals surface area contributed by atoms with Gasteiger partial charge in [-0.25, -0.2) is 0 Å². The lowest BCUT2D eigenvalue weighted by atomic mass is 10.2. The topological polar surface area (TPSA) is 73.6 Å². The maximum atomic E-state index is 11.4. The first-order valence-electron chi connectivity index (χ1n) is 5.38. The summed E-state index contributed by atoms with van der Waals surface area (Å²) in [6, 6.07) is 5.47. The van der Waals surface area contributed by atoms with Crippen molar-refractivity contribution < 1.29 is 14.3 Å². The number of rotatable bonds is 6. The second-order valence-electron chi connectivity index (χ2n) is 3.62. The van der Waals surface area contributed by atoms with Gasteiger partial charge in [0.25, 0.3) is 5.91 Å². The van der Waals surface area contributed by atoms with Crippen molar-refractivity contribution in [2.45, 2.75) is 6.92 Å². The van der Waals surface area contributed by atoms with Gasteiger partial charge in [0.2, 0.25) is 0 Å². The molecule has 0 heterocycles. The fourth-order valence-electron chi connectivity index (χ4n) is 1.35. The smallest absolute Gasteiger partial charge is 0.258 e. The number of anilines is 1. The molecule has 0 atom stereocenters. The SMILES string of the molecule is COCCNC(=O)COc1c(C)cccc1N. The predicted octanol–water partition coefficient (Wildman–Crippen LogP) is 0.719. The molecule has 0 saturated heterocycles. The molecule has 1 aromatic carbocycles. The van der Waals surface area contributed by atoms with Gasteiger partial charge in [-0.3, -0.25) is 4.79 Å². The largest absolute Gasteiger partial charge is 0.481 e. The van der Waals surface area contributed by atoms with Gasteiger partial charge >= 0.3 is 0 Å². The second kappa shape index (κ2) is 6.75. The molecule has 0 unspecified atom stereocenters. The lowest BCUT2D eigenvalue weighted by Crippen LogP contribution is -2.31. The van der Waals surface area contributed by atoms with Crippen LogP contribution in [0.5, 0.6) is 5.75 Å². The van der Waals surface area contributed by atoms with E-state index in [1.165, 1.54) is 0 Å². The van der Waals surface area contributed by atoms with E-state index in [-0.39, 0.29) is 12.5 Å². The third kappa shape index (κ3) is 4.32. The Balaban J connectivity index is 2.42. The number of carbonyl (C=O) groups excluding carboxylic acids is 1. The molecule has 3 N–H and O–H groups in total. The van der Waals surface area contributed by atoms with Gasteiger partial charge in [0.1, 0.15) is 5.75 Å². The molecule has 0 spiro atoms. The third-order valence-corrected chi connectivity index (χ3v) is 2.22. The van der Waals surface area contributed by atoms with Crippen LogP contribution < -0.4 is 15.8 Å². The van der Waals surface area contributed by atoms with Crippen LogP contribution in [0.1, 0.15) is 5.56 Å². The number of methoxy groups -OCH3 is 1. The highest BCUT2D eigenvalue weighted by Crippen LogP contribution is 2.24. The van der Waals surface area contributed by atoms with Gasteiger partial charge in [0.15, 0.2) is 6.61 Å². The Labute approximate surface area is 101 Å². The number of hydrogen-bond acceptors (Lipinski definition) is 4. The van der Waals surface area contributed by atoms with Crippen LogP contribution in [0, 0.1) is 6.92 Å². The summed E-state index contributed by atoms with van der Waals surface area (Å²) in [5, 5.41) is 2.66. The summed E-state index contributed by atoms with van der Waals surface area (Å²) < 4.78 is 10.2. The van der Waals surface area contributed by atoms with E-state index in [9.17, 15) is 4.79 Å². The molecule has 0 aliphatic carbocycles. The Morgan fingerprint density at radius 2 is 2.24 bits per heavy atom. The number of benzene rings is 1. The maximum absolute atomic E-state index is 11.4. The number of para-hydroxylation sites is 1. The summed E-state index contributed by atoms with van der Waals surface area (Å²) in [6.45, 7) is 2.80. The number of nitrogens with two attached hydrogens (primary N) is 1. The standard InChI is InChI=1S/C12H18N2O3/c1-9-4-3-5-10(13)12(9)17-8-11(15)14-6-7-16-2/h3-5H,6-8,13H2,1-2H3,(H,14,15). The fraction of sp³-hybridized carbons (Fsp3) is 0.417. The highest BCUT2D eigenvalue weighted by Gasteiger charge is 2.06. The summed E-state index contributed by atoms with van der Waals surface area (Å²) in [5.74, 6) is 0.374. The third-order valence-electron chi connectivity index (χ3n) is 2.22. The lowest BCUT2D eigenvalue weighted by molar-refractivity contribution is -0.123. The molecule has 1 rings (SSSR count). The van der Waals surface area contributed by atoms with Crippen molar-refractivity contribution in [1.29, 1.82) is 0 Å². The minimum atomic E-state index is -0.190. The van der Waals surface area contributed by atoms with Crippen molar-refractivity contribution in [2.24, 2.45) is 0 Å². The molecule has 5 nitrogen and oxygen atoms in total. The average Bonchev–Trinajstić information content (AvgIpc) is 2.29. The molecule has 0 aliphatic rings. The number of ether oxygens (including phenoxy) is 2. The molecule has 1 amide bonds. The molecule has 0 fully saturated rings. The van der Waals surface area contributed by atoms with Crippen molar-refractivity contribution in [2.75, 3.05) is 32.6 Å². The molecule has 17 heavy (non-hydrogen) atoms. The first-order valence-corrected chi connectivity index (χ1v) is 5.38. The molecule has 5 heteroatoms. The maximum Gasteiger partial charge on any atom is 0.258 e. The molecule has 94 valence electrons. The first kappa shape index (κ1) is 13.3. The normalized spacial score (nSPS) is 10.0. The van der Waals surface area contributed by atoms with Crippen LogP contribution >= 0.6 is 0 Å². The van der Waals surface area contributed by atoms with Crippen molar-refractivity contribution >= 4 is 11.6 Å². The number of hydrogen-bond donors (Lipinski definition) is 2. The van der Waals surface area contributed by atoms with Crippen LogP contribution in [0.2, 0.25) is 0 Å². The Bertz CT molecular complexity index is 360. The van der Waals surface area contributed by atoms with E-state index in [4.69, 9.17) is 15.2 Å². The van der Waals surface area contributed by atoms with E-state index < -0.39 is 0 Å². The highest BCUT2D eigenvalue weighted by atomic mass is 16.5. The van der Waals surface area contributed by atoms with E-state index in [1.54, 1.807) is 13.2 Å². The van der Waals surface area contributed by atoms with Crippen LogP contribution in [-0.4, -0.2) is 32.8 Å². The minimum Gasteiger partial charge on any atom is -0.481 e. The summed E-state index contributed by atoms with van der Waals surface area (Å²) in [4.78, 5) is 11.4. The number of aryl methyl sites for hydroxylation is 1. The van der Waals surface area contributed by atoms with Crippen LogP contribution in [0.3, 0.4) is 0 Å². The van der Waals surface area contributed by atoms with Crippen LogP contribution in [0.25, 0.3) is 0 Å².